The van der Waals surface area contributed by atoms with Crippen molar-refractivity contribution < 1.29 is 14.7 Å². The first-order valence-electron chi connectivity index (χ1n) is 5.31. The number of benzene rings is 1. The minimum atomic E-state index is -1.05. The molecule has 0 aliphatic carbocycles. The molecule has 1 rings (SSSR count). The average molecular weight is 220 g/mol. The van der Waals surface area contributed by atoms with Gasteiger partial charge in [-0.1, -0.05) is 19.1 Å². The number of hydrogen-bond donors (Lipinski definition) is 1. The van der Waals surface area contributed by atoms with Crippen LogP contribution in [0.3, 0.4) is 0 Å². The van der Waals surface area contributed by atoms with Gasteiger partial charge >= 0.3 is 5.97 Å². The van der Waals surface area contributed by atoms with Crippen LogP contribution in [0, 0.1) is 19.8 Å². The number of carbonyl (C=O) groups is 2. The van der Waals surface area contributed by atoms with Gasteiger partial charge in [0.05, 0.1) is 0 Å². The van der Waals surface area contributed by atoms with E-state index in [1.807, 2.05) is 19.9 Å². The molecule has 0 fully saturated rings. The summed E-state index contributed by atoms with van der Waals surface area (Å²) in [4.78, 5) is 22.8. The molecule has 1 N–H and O–H groups in total. The molecule has 3 nitrogen and oxygen atoms in total. The van der Waals surface area contributed by atoms with Gasteiger partial charge in [-0.05, 0) is 37.5 Å². The number of rotatable bonds is 4. The summed E-state index contributed by atoms with van der Waals surface area (Å²) < 4.78 is 0. The van der Waals surface area contributed by atoms with Crippen molar-refractivity contribution in [2.24, 2.45) is 5.92 Å². The summed E-state index contributed by atoms with van der Waals surface area (Å²) in [6, 6.07) is 5.29. The largest absolute Gasteiger partial charge is 0.481 e. The van der Waals surface area contributed by atoms with Crippen molar-refractivity contribution in [2.75, 3.05) is 0 Å². The van der Waals surface area contributed by atoms with Crippen LogP contribution in [0.25, 0.3) is 0 Å². The van der Waals surface area contributed by atoms with Gasteiger partial charge in [-0.3, -0.25) is 9.59 Å². The fourth-order valence-corrected chi connectivity index (χ4v) is 1.57. The molecule has 0 bridgehead atoms. The summed E-state index contributed by atoms with van der Waals surface area (Å²) in [5, 5.41) is 8.91. The van der Waals surface area contributed by atoms with Gasteiger partial charge in [0.15, 0.2) is 5.78 Å². The third kappa shape index (κ3) is 2.48. The normalized spacial score (nSPS) is 12.2. The summed E-state index contributed by atoms with van der Waals surface area (Å²) in [6.07, 6.45) is 0.321. The quantitative estimate of drug-likeness (QED) is 0.626. The highest BCUT2D eigenvalue weighted by Crippen LogP contribution is 2.16. The highest BCUT2D eigenvalue weighted by molar-refractivity contribution is 6.08. The number of aryl methyl sites for hydroxylation is 2. The van der Waals surface area contributed by atoms with Crippen LogP contribution in [0.4, 0.5) is 0 Å². The molecular formula is C13H16O3. The monoisotopic (exact) mass is 220 g/mol. The van der Waals surface area contributed by atoms with E-state index < -0.39 is 11.9 Å². The Balaban J connectivity index is 3.04. The zero-order valence-corrected chi connectivity index (χ0v) is 9.78. The Hall–Kier alpha value is -1.64. The number of carboxylic acids is 1. The van der Waals surface area contributed by atoms with Gasteiger partial charge in [-0.15, -0.1) is 0 Å². The molecule has 0 radical (unpaired) electrons. The predicted molar refractivity (Wildman–Crippen MR) is 61.7 cm³/mol. The average Bonchev–Trinajstić information content (AvgIpc) is 2.22. The van der Waals surface area contributed by atoms with Gasteiger partial charge in [0.2, 0.25) is 0 Å². The van der Waals surface area contributed by atoms with Crippen molar-refractivity contribution >= 4 is 11.8 Å². The molecule has 1 aromatic carbocycles. The lowest BCUT2D eigenvalue weighted by molar-refractivity contribution is -0.140. The van der Waals surface area contributed by atoms with E-state index in [-0.39, 0.29) is 5.78 Å². The molecule has 86 valence electrons. The first kappa shape index (κ1) is 12.4. The summed E-state index contributed by atoms with van der Waals surface area (Å²) in [6.45, 7) is 5.57. The van der Waals surface area contributed by atoms with E-state index >= 15 is 0 Å². The maximum absolute atomic E-state index is 11.9. The first-order valence-corrected chi connectivity index (χ1v) is 5.31. The van der Waals surface area contributed by atoms with E-state index in [9.17, 15) is 9.59 Å². The molecule has 1 atom stereocenters. The number of carbonyl (C=O) groups excluding carboxylic acids is 1. The maximum atomic E-state index is 11.9. The molecule has 0 saturated carbocycles. The fraction of sp³-hybridized carbons (Fsp3) is 0.385. The smallest absolute Gasteiger partial charge is 0.314 e. The van der Waals surface area contributed by atoms with Crippen molar-refractivity contribution in [3.8, 4) is 0 Å². The highest BCUT2D eigenvalue weighted by Gasteiger charge is 2.25. The maximum Gasteiger partial charge on any atom is 0.314 e. The second-order valence-electron chi connectivity index (χ2n) is 3.96. The van der Waals surface area contributed by atoms with Crippen LogP contribution in [0.15, 0.2) is 18.2 Å². The Bertz CT molecular complexity index is 421. The lowest BCUT2D eigenvalue weighted by Gasteiger charge is -2.09. The molecule has 0 spiro atoms. The minimum absolute atomic E-state index is 0.307. The molecular weight excluding hydrogens is 204 g/mol. The Morgan fingerprint density at radius 3 is 2.31 bits per heavy atom. The SMILES string of the molecule is CCC(C(=O)O)C(=O)c1ccc(C)c(C)c1. The number of hydrogen-bond acceptors (Lipinski definition) is 2. The van der Waals surface area contributed by atoms with Gasteiger partial charge < -0.3 is 5.11 Å². The summed E-state index contributed by atoms with van der Waals surface area (Å²) >= 11 is 0. The number of aliphatic carboxylic acids is 1. The molecule has 0 aliphatic heterocycles. The van der Waals surface area contributed by atoms with E-state index in [0.717, 1.165) is 11.1 Å². The third-order valence-electron chi connectivity index (χ3n) is 2.81. The standard InChI is InChI=1S/C13H16O3/c1-4-11(13(15)16)12(14)10-6-5-8(2)9(3)7-10/h5-7,11H,4H2,1-3H3,(H,15,16). The van der Waals surface area contributed by atoms with Crippen LogP contribution in [-0.2, 0) is 4.79 Å². The molecule has 0 aliphatic rings. The second-order valence-corrected chi connectivity index (χ2v) is 3.96. The summed E-state index contributed by atoms with van der Waals surface area (Å²) in [5.41, 5.74) is 2.59. The molecule has 1 unspecified atom stereocenters. The van der Waals surface area contributed by atoms with Crippen LogP contribution in [0.1, 0.15) is 34.8 Å². The van der Waals surface area contributed by atoms with Gasteiger partial charge in [-0.25, -0.2) is 0 Å². The Kier molecular flexibility index (Phi) is 3.82. The van der Waals surface area contributed by atoms with Crippen molar-refractivity contribution in [1.29, 1.82) is 0 Å². The van der Waals surface area contributed by atoms with Crippen LogP contribution in [0.5, 0.6) is 0 Å². The van der Waals surface area contributed by atoms with Gasteiger partial charge in [0.25, 0.3) is 0 Å². The molecule has 0 aromatic heterocycles. The van der Waals surface area contributed by atoms with E-state index in [0.29, 0.717) is 12.0 Å². The molecule has 0 saturated heterocycles. The van der Waals surface area contributed by atoms with Crippen LogP contribution in [-0.4, -0.2) is 16.9 Å². The van der Waals surface area contributed by atoms with E-state index in [2.05, 4.69) is 0 Å². The van der Waals surface area contributed by atoms with Crippen molar-refractivity contribution in [3.05, 3.63) is 34.9 Å². The van der Waals surface area contributed by atoms with Crippen molar-refractivity contribution in [2.45, 2.75) is 27.2 Å². The fourth-order valence-electron chi connectivity index (χ4n) is 1.57. The van der Waals surface area contributed by atoms with Crippen LogP contribution in [0.2, 0.25) is 0 Å². The topological polar surface area (TPSA) is 54.4 Å². The highest BCUT2D eigenvalue weighted by atomic mass is 16.4. The summed E-state index contributed by atoms with van der Waals surface area (Å²) in [7, 11) is 0. The summed E-state index contributed by atoms with van der Waals surface area (Å²) in [5.74, 6) is -2.29. The van der Waals surface area contributed by atoms with Gasteiger partial charge in [-0.2, -0.15) is 0 Å². The van der Waals surface area contributed by atoms with E-state index in [1.165, 1.54) is 0 Å². The lowest BCUT2D eigenvalue weighted by atomic mass is 9.93. The van der Waals surface area contributed by atoms with E-state index in [4.69, 9.17) is 5.11 Å². The van der Waals surface area contributed by atoms with Crippen molar-refractivity contribution in [1.82, 2.24) is 0 Å². The second kappa shape index (κ2) is 4.92. The van der Waals surface area contributed by atoms with Crippen LogP contribution < -0.4 is 0 Å². The molecule has 3 heteroatoms. The molecule has 16 heavy (non-hydrogen) atoms. The Morgan fingerprint density at radius 1 is 1.25 bits per heavy atom. The number of Topliss-reactive ketones (excluding diaryl/α,β-unsaturated/α-hetero) is 1. The lowest BCUT2D eigenvalue weighted by Crippen LogP contribution is -2.23. The molecule has 0 heterocycles. The van der Waals surface area contributed by atoms with Crippen molar-refractivity contribution in [3.63, 3.8) is 0 Å². The Morgan fingerprint density at radius 2 is 1.88 bits per heavy atom. The van der Waals surface area contributed by atoms with E-state index in [1.54, 1.807) is 19.1 Å². The van der Waals surface area contributed by atoms with Gasteiger partial charge in [0, 0.05) is 5.56 Å². The first-order chi connectivity index (χ1) is 7.47. The third-order valence-corrected chi connectivity index (χ3v) is 2.81. The zero-order chi connectivity index (χ0) is 12.3. The number of carboxylic acid groups (broad SMARTS) is 1. The van der Waals surface area contributed by atoms with Crippen LogP contribution >= 0.6 is 0 Å². The number of ketones is 1. The molecule has 0 amide bonds. The zero-order valence-electron chi connectivity index (χ0n) is 9.78. The predicted octanol–water partition coefficient (Wildman–Crippen LogP) is 2.60. The molecule has 1 aromatic rings. The minimum Gasteiger partial charge on any atom is -0.481 e. The Labute approximate surface area is 95.1 Å². The van der Waals surface area contributed by atoms with Gasteiger partial charge in [0.1, 0.15) is 5.92 Å².